The SMILES string of the molecule is Nc1ccc(C(O)C(O)CCBr)c(F)c1F. The lowest BCUT2D eigenvalue weighted by molar-refractivity contribution is 0.0149. The summed E-state index contributed by atoms with van der Waals surface area (Å²) in [5.41, 5.74) is 4.54. The summed E-state index contributed by atoms with van der Waals surface area (Å²) in [7, 11) is 0. The predicted octanol–water partition coefficient (Wildman–Crippen LogP) is 1.73. The fourth-order valence-corrected chi connectivity index (χ4v) is 1.75. The molecule has 1 rings (SSSR count). The second kappa shape index (κ2) is 5.56. The van der Waals surface area contributed by atoms with E-state index in [2.05, 4.69) is 15.9 Å². The van der Waals surface area contributed by atoms with E-state index in [9.17, 15) is 19.0 Å². The molecule has 1 aromatic carbocycles. The highest BCUT2D eigenvalue weighted by atomic mass is 79.9. The van der Waals surface area contributed by atoms with Crippen LogP contribution < -0.4 is 5.73 Å². The Morgan fingerprint density at radius 3 is 2.44 bits per heavy atom. The highest BCUT2D eigenvalue weighted by molar-refractivity contribution is 9.09. The molecule has 0 heterocycles. The Morgan fingerprint density at radius 2 is 1.88 bits per heavy atom. The zero-order valence-electron chi connectivity index (χ0n) is 8.33. The topological polar surface area (TPSA) is 66.5 Å². The van der Waals surface area contributed by atoms with E-state index < -0.39 is 23.8 Å². The van der Waals surface area contributed by atoms with Crippen molar-refractivity contribution in [3.05, 3.63) is 29.3 Å². The highest BCUT2D eigenvalue weighted by Crippen LogP contribution is 2.26. The van der Waals surface area contributed by atoms with Gasteiger partial charge in [-0.15, -0.1) is 0 Å². The monoisotopic (exact) mass is 295 g/mol. The van der Waals surface area contributed by atoms with Crippen LogP contribution in [-0.4, -0.2) is 21.6 Å². The molecule has 0 aliphatic heterocycles. The second-order valence-corrected chi connectivity index (χ2v) is 4.15. The molecule has 0 saturated heterocycles. The molecule has 0 fully saturated rings. The Hall–Kier alpha value is -0.720. The zero-order chi connectivity index (χ0) is 12.3. The average molecular weight is 296 g/mol. The Labute approximate surface area is 100 Å². The van der Waals surface area contributed by atoms with E-state index >= 15 is 0 Å². The second-order valence-electron chi connectivity index (χ2n) is 3.36. The summed E-state index contributed by atoms with van der Waals surface area (Å²) in [6, 6.07) is 2.31. The molecule has 3 nitrogen and oxygen atoms in total. The van der Waals surface area contributed by atoms with Crippen LogP contribution in [0.3, 0.4) is 0 Å². The lowest BCUT2D eigenvalue weighted by atomic mass is 10.0. The molecule has 0 radical (unpaired) electrons. The molecule has 0 aromatic heterocycles. The van der Waals surface area contributed by atoms with Crippen molar-refractivity contribution in [1.29, 1.82) is 0 Å². The smallest absolute Gasteiger partial charge is 0.182 e. The van der Waals surface area contributed by atoms with Gasteiger partial charge in [0.05, 0.1) is 11.8 Å². The molecule has 0 spiro atoms. The number of aliphatic hydroxyl groups is 2. The van der Waals surface area contributed by atoms with Crippen molar-refractivity contribution >= 4 is 21.6 Å². The van der Waals surface area contributed by atoms with Gasteiger partial charge in [-0.25, -0.2) is 8.78 Å². The third kappa shape index (κ3) is 2.69. The van der Waals surface area contributed by atoms with Gasteiger partial charge >= 0.3 is 0 Å². The fraction of sp³-hybridized carbons (Fsp3) is 0.400. The van der Waals surface area contributed by atoms with E-state index in [4.69, 9.17) is 5.73 Å². The van der Waals surface area contributed by atoms with Gasteiger partial charge < -0.3 is 15.9 Å². The van der Waals surface area contributed by atoms with Gasteiger partial charge in [0.1, 0.15) is 6.10 Å². The molecule has 4 N–H and O–H groups in total. The third-order valence-corrected chi connectivity index (χ3v) is 2.69. The number of aliphatic hydroxyl groups excluding tert-OH is 2. The lowest BCUT2D eigenvalue weighted by Crippen LogP contribution is -2.20. The summed E-state index contributed by atoms with van der Waals surface area (Å²) in [5, 5.41) is 19.5. The molecule has 0 amide bonds. The van der Waals surface area contributed by atoms with Crippen LogP contribution in [0, 0.1) is 11.6 Å². The Bertz CT molecular complexity index is 376. The molecule has 1 aromatic rings. The third-order valence-electron chi connectivity index (χ3n) is 2.23. The maximum absolute atomic E-state index is 13.4. The number of hydrogen-bond donors (Lipinski definition) is 3. The maximum atomic E-state index is 13.4. The Balaban J connectivity index is 3.00. The van der Waals surface area contributed by atoms with Gasteiger partial charge in [0.15, 0.2) is 11.6 Å². The largest absolute Gasteiger partial charge is 0.396 e. The molecule has 2 atom stereocenters. The van der Waals surface area contributed by atoms with Gasteiger partial charge in [-0.2, -0.15) is 0 Å². The zero-order valence-corrected chi connectivity index (χ0v) is 9.92. The number of benzene rings is 1. The van der Waals surface area contributed by atoms with Gasteiger partial charge in [0.2, 0.25) is 0 Å². The molecule has 0 bridgehead atoms. The summed E-state index contributed by atoms with van der Waals surface area (Å²) in [4.78, 5) is 0. The predicted molar refractivity (Wildman–Crippen MR) is 60.1 cm³/mol. The van der Waals surface area contributed by atoms with Gasteiger partial charge in [-0.1, -0.05) is 22.0 Å². The number of rotatable bonds is 4. The standard InChI is InChI=1S/C10H12BrF2NO2/c11-4-3-7(15)10(16)5-1-2-6(14)9(13)8(5)12/h1-2,7,10,15-16H,3-4,14H2. The van der Waals surface area contributed by atoms with Crippen molar-refractivity contribution in [3.8, 4) is 0 Å². The minimum Gasteiger partial charge on any atom is -0.396 e. The van der Waals surface area contributed by atoms with Crippen molar-refractivity contribution in [1.82, 2.24) is 0 Å². The van der Waals surface area contributed by atoms with Crippen LogP contribution in [0.1, 0.15) is 18.1 Å². The molecule has 90 valence electrons. The normalized spacial score (nSPS) is 14.8. The first-order chi connectivity index (χ1) is 7.49. The summed E-state index contributed by atoms with van der Waals surface area (Å²) in [6.45, 7) is 0. The number of alkyl halides is 1. The van der Waals surface area contributed by atoms with Crippen molar-refractivity contribution in [2.75, 3.05) is 11.1 Å². The minimum absolute atomic E-state index is 0.229. The average Bonchev–Trinajstić information content (AvgIpc) is 2.26. The van der Waals surface area contributed by atoms with Crippen molar-refractivity contribution in [2.45, 2.75) is 18.6 Å². The molecule has 0 saturated carbocycles. The molecule has 2 unspecified atom stereocenters. The first kappa shape index (κ1) is 13.3. The molecular formula is C10H12BrF2NO2. The molecule has 16 heavy (non-hydrogen) atoms. The highest BCUT2D eigenvalue weighted by Gasteiger charge is 2.23. The summed E-state index contributed by atoms with van der Waals surface area (Å²) in [6.07, 6.45) is -2.39. The molecule has 0 aliphatic rings. The van der Waals surface area contributed by atoms with E-state index in [1.54, 1.807) is 0 Å². The van der Waals surface area contributed by atoms with E-state index in [1.165, 1.54) is 0 Å². The van der Waals surface area contributed by atoms with Crippen LogP contribution in [0.4, 0.5) is 14.5 Å². The van der Waals surface area contributed by atoms with E-state index in [0.29, 0.717) is 5.33 Å². The van der Waals surface area contributed by atoms with Crippen LogP contribution in [0.5, 0.6) is 0 Å². The van der Waals surface area contributed by atoms with Crippen molar-refractivity contribution in [2.24, 2.45) is 0 Å². The van der Waals surface area contributed by atoms with Gasteiger partial charge in [0, 0.05) is 10.9 Å². The van der Waals surface area contributed by atoms with E-state index in [0.717, 1.165) is 12.1 Å². The molecule has 6 heteroatoms. The fourth-order valence-electron chi connectivity index (χ4n) is 1.28. The summed E-state index contributed by atoms with van der Waals surface area (Å²) < 4.78 is 26.5. The maximum Gasteiger partial charge on any atom is 0.182 e. The minimum atomic E-state index is -1.47. The number of hydrogen-bond acceptors (Lipinski definition) is 3. The first-order valence-electron chi connectivity index (χ1n) is 4.64. The van der Waals surface area contributed by atoms with Gasteiger partial charge in [-0.3, -0.25) is 0 Å². The van der Waals surface area contributed by atoms with Gasteiger partial charge in [0.25, 0.3) is 0 Å². The first-order valence-corrected chi connectivity index (χ1v) is 5.76. The lowest BCUT2D eigenvalue weighted by Gasteiger charge is -2.18. The number of nitrogen functional groups attached to an aromatic ring is 1. The Morgan fingerprint density at radius 1 is 1.25 bits per heavy atom. The van der Waals surface area contributed by atoms with Crippen LogP contribution >= 0.6 is 15.9 Å². The quantitative estimate of drug-likeness (QED) is 0.585. The van der Waals surface area contributed by atoms with Crippen LogP contribution in [-0.2, 0) is 0 Å². The number of anilines is 1. The molecule has 0 aliphatic carbocycles. The molecular weight excluding hydrogens is 284 g/mol. The van der Waals surface area contributed by atoms with Crippen LogP contribution in [0.2, 0.25) is 0 Å². The van der Waals surface area contributed by atoms with Crippen LogP contribution in [0.15, 0.2) is 12.1 Å². The van der Waals surface area contributed by atoms with Gasteiger partial charge in [-0.05, 0) is 12.5 Å². The van der Waals surface area contributed by atoms with Crippen LogP contribution in [0.25, 0.3) is 0 Å². The van der Waals surface area contributed by atoms with E-state index in [1.807, 2.05) is 0 Å². The number of nitrogens with two attached hydrogens (primary N) is 1. The Kier molecular flexibility index (Phi) is 4.64. The van der Waals surface area contributed by atoms with Crippen molar-refractivity contribution in [3.63, 3.8) is 0 Å². The van der Waals surface area contributed by atoms with E-state index in [-0.39, 0.29) is 17.7 Å². The summed E-state index contributed by atoms with van der Waals surface area (Å²) >= 11 is 3.08. The van der Waals surface area contributed by atoms with Crippen molar-refractivity contribution < 1.29 is 19.0 Å². The summed E-state index contributed by atoms with van der Waals surface area (Å²) in [5.74, 6) is -2.43. The number of halogens is 3.